The molecule has 2 aromatic rings. The van der Waals surface area contributed by atoms with Gasteiger partial charge in [-0.1, -0.05) is 41.9 Å². The fraction of sp³-hybridized carbons (Fsp3) is 0.133. The van der Waals surface area contributed by atoms with E-state index in [1.54, 1.807) is 0 Å². The molecule has 1 atom stereocenters. The molecule has 0 unspecified atom stereocenters. The van der Waals surface area contributed by atoms with Crippen molar-refractivity contribution in [3.63, 3.8) is 0 Å². The molecule has 0 radical (unpaired) electrons. The minimum Gasteiger partial charge on any atom is -0.323 e. The number of amides is 1. The summed E-state index contributed by atoms with van der Waals surface area (Å²) in [7, 11) is 0. The Balaban J connectivity index is 2.01. The molecule has 0 saturated heterocycles. The second-order valence-electron chi connectivity index (χ2n) is 4.41. The number of halogens is 2. The summed E-state index contributed by atoms with van der Waals surface area (Å²) in [5, 5.41) is 2.74. The average Bonchev–Trinajstić information content (AvgIpc) is 2.43. The Morgan fingerprint density at radius 2 is 1.95 bits per heavy atom. The molecule has 0 aliphatic carbocycles. The van der Waals surface area contributed by atoms with Crippen LogP contribution in [0.1, 0.15) is 5.56 Å². The highest BCUT2D eigenvalue weighted by Gasteiger charge is 2.15. The van der Waals surface area contributed by atoms with Gasteiger partial charge in [0, 0.05) is 0 Å². The molecule has 3 N–H and O–H groups in total. The van der Waals surface area contributed by atoms with Crippen LogP contribution >= 0.6 is 11.6 Å². The Morgan fingerprint density at radius 1 is 1.25 bits per heavy atom. The largest absolute Gasteiger partial charge is 0.323 e. The lowest BCUT2D eigenvalue weighted by atomic mass is 10.1. The van der Waals surface area contributed by atoms with E-state index in [1.165, 1.54) is 12.1 Å². The third-order valence-electron chi connectivity index (χ3n) is 2.82. The van der Waals surface area contributed by atoms with Crippen LogP contribution in [0.3, 0.4) is 0 Å². The maximum Gasteiger partial charge on any atom is 0.241 e. The molecule has 104 valence electrons. The number of benzene rings is 2. The lowest BCUT2D eigenvalue weighted by Gasteiger charge is -2.13. The summed E-state index contributed by atoms with van der Waals surface area (Å²) in [5.74, 6) is -0.816. The van der Waals surface area contributed by atoms with Crippen molar-refractivity contribution in [2.45, 2.75) is 12.5 Å². The van der Waals surface area contributed by atoms with Crippen LogP contribution in [0.5, 0.6) is 0 Å². The van der Waals surface area contributed by atoms with Crippen molar-refractivity contribution in [1.29, 1.82) is 0 Å². The van der Waals surface area contributed by atoms with Gasteiger partial charge >= 0.3 is 0 Å². The van der Waals surface area contributed by atoms with Crippen LogP contribution in [-0.4, -0.2) is 11.9 Å². The van der Waals surface area contributed by atoms with E-state index in [-0.39, 0.29) is 10.9 Å². The Kier molecular flexibility index (Phi) is 4.71. The zero-order valence-corrected chi connectivity index (χ0v) is 11.4. The fourth-order valence-corrected chi connectivity index (χ4v) is 1.99. The molecular weight excluding hydrogens is 279 g/mol. The van der Waals surface area contributed by atoms with Crippen molar-refractivity contribution >= 4 is 23.2 Å². The van der Waals surface area contributed by atoms with E-state index >= 15 is 0 Å². The van der Waals surface area contributed by atoms with Crippen molar-refractivity contribution in [3.05, 3.63) is 64.9 Å². The van der Waals surface area contributed by atoms with Crippen LogP contribution in [0.25, 0.3) is 0 Å². The molecule has 1 amide bonds. The van der Waals surface area contributed by atoms with Gasteiger partial charge in [0.1, 0.15) is 5.82 Å². The summed E-state index contributed by atoms with van der Waals surface area (Å²) in [6, 6.07) is 12.5. The molecule has 0 aromatic heterocycles. The molecule has 0 saturated carbocycles. The average molecular weight is 293 g/mol. The van der Waals surface area contributed by atoms with Crippen LogP contribution in [0.15, 0.2) is 48.5 Å². The van der Waals surface area contributed by atoms with Crippen LogP contribution in [0, 0.1) is 5.82 Å². The summed E-state index contributed by atoms with van der Waals surface area (Å²) in [6.07, 6.45) is 0.422. The summed E-state index contributed by atoms with van der Waals surface area (Å²) in [5.41, 5.74) is 7.17. The first-order chi connectivity index (χ1) is 9.56. The van der Waals surface area contributed by atoms with Crippen LogP contribution in [0.2, 0.25) is 5.02 Å². The number of rotatable bonds is 4. The molecule has 0 aliphatic rings. The Bertz CT molecular complexity index is 604. The van der Waals surface area contributed by atoms with Gasteiger partial charge in [0.25, 0.3) is 0 Å². The third kappa shape index (κ3) is 3.79. The van der Waals surface area contributed by atoms with Crippen LogP contribution < -0.4 is 11.1 Å². The van der Waals surface area contributed by atoms with Crippen molar-refractivity contribution in [2.24, 2.45) is 5.73 Å². The van der Waals surface area contributed by atoms with E-state index in [1.807, 2.05) is 30.3 Å². The molecule has 2 rings (SSSR count). The maximum atomic E-state index is 12.9. The van der Waals surface area contributed by atoms with Gasteiger partial charge in [0.15, 0.2) is 0 Å². The molecular formula is C15H14ClFN2O. The van der Waals surface area contributed by atoms with Gasteiger partial charge in [-0.15, -0.1) is 0 Å². The van der Waals surface area contributed by atoms with Crippen LogP contribution in [0.4, 0.5) is 10.1 Å². The van der Waals surface area contributed by atoms with E-state index in [4.69, 9.17) is 17.3 Å². The predicted octanol–water partition coefficient (Wildman–Crippen LogP) is 2.99. The fourth-order valence-electron chi connectivity index (χ4n) is 1.78. The van der Waals surface area contributed by atoms with Crippen molar-refractivity contribution < 1.29 is 9.18 Å². The molecule has 0 fully saturated rings. The predicted molar refractivity (Wildman–Crippen MR) is 78.2 cm³/mol. The second-order valence-corrected chi connectivity index (χ2v) is 4.82. The van der Waals surface area contributed by atoms with Crippen molar-refractivity contribution in [1.82, 2.24) is 0 Å². The minimum atomic E-state index is -0.696. The Labute approximate surface area is 121 Å². The summed E-state index contributed by atoms with van der Waals surface area (Å²) < 4.78 is 12.9. The number of carbonyl (C=O) groups is 1. The highest BCUT2D eigenvalue weighted by atomic mass is 35.5. The van der Waals surface area contributed by atoms with E-state index in [2.05, 4.69) is 5.32 Å². The molecule has 5 heteroatoms. The van der Waals surface area contributed by atoms with Gasteiger partial charge in [0.2, 0.25) is 5.91 Å². The smallest absolute Gasteiger partial charge is 0.241 e. The first-order valence-electron chi connectivity index (χ1n) is 6.11. The topological polar surface area (TPSA) is 55.1 Å². The number of carbonyl (C=O) groups excluding carboxylic acids is 1. The number of nitrogens with one attached hydrogen (secondary N) is 1. The first kappa shape index (κ1) is 14.5. The third-order valence-corrected chi connectivity index (χ3v) is 3.14. The van der Waals surface area contributed by atoms with Gasteiger partial charge in [-0.3, -0.25) is 4.79 Å². The molecule has 0 bridgehead atoms. The minimum absolute atomic E-state index is 0.144. The zero-order valence-electron chi connectivity index (χ0n) is 10.6. The molecule has 0 heterocycles. The Hall–Kier alpha value is -1.91. The molecule has 20 heavy (non-hydrogen) atoms. The van der Waals surface area contributed by atoms with E-state index in [9.17, 15) is 9.18 Å². The van der Waals surface area contributed by atoms with Gasteiger partial charge < -0.3 is 11.1 Å². The monoisotopic (exact) mass is 292 g/mol. The summed E-state index contributed by atoms with van der Waals surface area (Å²) >= 11 is 5.84. The Morgan fingerprint density at radius 3 is 2.60 bits per heavy atom. The quantitative estimate of drug-likeness (QED) is 0.910. The van der Waals surface area contributed by atoms with Crippen molar-refractivity contribution in [3.8, 4) is 0 Å². The molecule has 0 aliphatic heterocycles. The second kappa shape index (κ2) is 6.50. The first-order valence-corrected chi connectivity index (χ1v) is 6.49. The standard InChI is InChI=1S/C15H14ClFN2O/c16-12-9-11(17)6-7-14(12)19-15(20)13(18)8-10-4-2-1-3-5-10/h1-7,9,13H,8,18H2,(H,19,20)/t13-/m1/s1. The lowest BCUT2D eigenvalue weighted by Crippen LogP contribution is -2.37. The molecule has 3 nitrogen and oxygen atoms in total. The summed E-state index contributed by atoms with van der Waals surface area (Å²) in [4.78, 5) is 12.0. The van der Waals surface area contributed by atoms with Gasteiger partial charge in [-0.25, -0.2) is 4.39 Å². The van der Waals surface area contributed by atoms with E-state index in [0.29, 0.717) is 12.1 Å². The number of hydrogen-bond acceptors (Lipinski definition) is 2. The SMILES string of the molecule is N[C@H](Cc1ccccc1)C(=O)Nc1ccc(F)cc1Cl. The highest BCUT2D eigenvalue weighted by molar-refractivity contribution is 6.33. The van der Waals surface area contributed by atoms with Gasteiger partial charge in [-0.2, -0.15) is 0 Å². The van der Waals surface area contributed by atoms with E-state index < -0.39 is 11.9 Å². The number of nitrogens with two attached hydrogens (primary N) is 1. The van der Waals surface area contributed by atoms with Gasteiger partial charge in [0.05, 0.1) is 16.8 Å². The maximum absolute atomic E-state index is 12.9. The highest BCUT2D eigenvalue weighted by Crippen LogP contribution is 2.22. The van der Waals surface area contributed by atoms with Crippen molar-refractivity contribution in [2.75, 3.05) is 5.32 Å². The molecule has 0 spiro atoms. The lowest BCUT2D eigenvalue weighted by molar-refractivity contribution is -0.117. The normalized spacial score (nSPS) is 11.9. The zero-order chi connectivity index (χ0) is 14.5. The van der Waals surface area contributed by atoms with E-state index in [0.717, 1.165) is 11.6 Å². The van der Waals surface area contributed by atoms with Gasteiger partial charge in [-0.05, 0) is 30.2 Å². The summed E-state index contributed by atoms with van der Waals surface area (Å²) in [6.45, 7) is 0. The molecule has 2 aromatic carbocycles. The number of anilines is 1. The number of hydrogen-bond donors (Lipinski definition) is 2. The van der Waals surface area contributed by atoms with Crippen LogP contribution in [-0.2, 0) is 11.2 Å².